The van der Waals surface area contributed by atoms with Gasteiger partial charge in [0.1, 0.15) is 6.10 Å². The fraction of sp³-hybridized carbons (Fsp3) is 0.200. The van der Waals surface area contributed by atoms with Crippen LogP contribution in [0.3, 0.4) is 0 Å². The highest BCUT2D eigenvalue weighted by Crippen LogP contribution is 2.27. The fourth-order valence-corrected chi connectivity index (χ4v) is 2.32. The number of methoxy groups -OCH3 is 1. The lowest BCUT2D eigenvalue weighted by molar-refractivity contribution is -0.151. The van der Waals surface area contributed by atoms with Crippen molar-refractivity contribution in [1.29, 1.82) is 0 Å². The summed E-state index contributed by atoms with van der Waals surface area (Å²) < 4.78 is 10.0. The van der Waals surface area contributed by atoms with E-state index in [-0.39, 0.29) is 5.56 Å². The van der Waals surface area contributed by atoms with E-state index in [9.17, 15) is 9.59 Å². The second-order valence-electron chi connectivity index (χ2n) is 5.35. The van der Waals surface area contributed by atoms with Crippen LogP contribution in [0.2, 0.25) is 5.02 Å². The van der Waals surface area contributed by atoms with Gasteiger partial charge >= 0.3 is 11.9 Å². The van der Waals surface area contributed by atoms with E-state index in [0.29, 0.717) is 16.1 Å². The molecule has 2 rings (SSSR count). The van der Waals surface area contributed by atoms with Crippen molar-refractivity contribution in [1.82, 2.24) is 0 Å². The molecule has 134 valence electrons. The number of benzene rings is 2. The largest absolute Gasteiger partial charge is 0.466 e. The van der Waals surface area contributed by atoms with Gasteiger partial charge in [-0.25, -0.2) is 9.59 Å². The molecule has 0 saturated heterocycles. The molecule has 0 spiro atoms. The molecule has 0 aromatic heterocycles. The fourth-order valence-electron chi connectivity index (χ4n) is 2.09. The number of rotatable bonds is 4. The van der Waals surface area contributed by atoms with Crippen LogP contribution in [0.15, 0.2) is 48.5 Å². The zero-order chi connectivity index (χ0) is 19.1. The molecule has 2 aromatic carbocycles. The molecule has 2 unspecified atom stereocenters. The zero-order valence-corrected chi connectivity index (χ0v) is 15.0. The average Bonchev–Trinajstić information content (AvgIpc) is 2.64. The van der Waals surface area contributed by atoms with Crippen molar-refractivity contribution >= 4 is 23.5 Å². The Morgan fingerprint density at radius 1 is 1.12 bits per heavy atom. The van der Waals surface area contributed by atoms with E-state index in [1.165, 1.54) is 19.2 Å². The van der Waals surface area contributed by atoms with Crippen molar-refractivity contribution in [3.05, 3.63) is 70.2 Å². The Morgan fingerprint density at radius 2 is 1.77 bits per heavy atom. The first-order chi connectivity index (χ1) is 12.4. The lowest BCUT2D eigenvalue weighted by Gasteiger charge is -2.17. The van der Waals surface area contributed by atoms with Gasteiger partial charge in [0, 0.05) is 16.1 Å². The van der Waals surface area contributed by atoms with Crippen molar-refractivity contribution in [3.63, 3.8) is 0 Å². The molecular weight excluding hydrogens is 356 g/mol. The van der Waals surface area contributed by atoms with Crippen LogP contribution in [0, 0.1) is 11.8 Å². The van der Waals surface area contributed by atoms with Crippen LogP contribution in [0.4, 0.5) is 0 Å². The van der Waals surface area contributed by atoms with Gasteiger partial charge in [0.15, 0.2) is 0 Å². The van der Waals surface area contributed by atoms with Gasteiger partial charge in [-0.3, -0.25) is 0 Å². The number of esters is 2. The van der Waals surface area contributed by atoms with E-state index >= 15 is 0 Å². The number of aliphatic hydroxyl groups excluding tert-OH is 1. The first-order valence-electron chi connectivity index (χ1n) is 7.75. The first-order valence-corrected chi connectivity index (χ1v) is 8.13. The molecule has 2 aromatic rings. The lowest BCUT2D eigenvalue weighted by atomic mass is 10.1. The smallest absolute Gasteiger partial charge is 0.352 e. The molecule has 0 amide bonds. The van der Waals surface area contributed by atoms with Gasteiger partial charge in [-0.1, -0.05) is 41.6 Å². The van der Waals surface area contributed by atoms with E-state index in [0.717, 1.165) is 0 Å². The van der Waals surface area contributed by atoms with Crippen LogP contribution >= 0.6 is 11.6 Å². The van der Waals surface area contributed by atoms with Gasteiger partial charge in [0.05, 0.1) is 12.7 Å². The zero-order valence-electron chi connectivity index (χ0n) is 14.2. The predicted octanol–water partition coefficient (Wildman–Crippen LogP) is 3.14. The van der Waals surface area contributed by atoms with E-state index in [1.54, 1.807) is 43.3 Å². The third-order valence-electron chi connectivity index (χ3n) is 3.37. The SMILES string of the molecule is COC(=O)C(OC(=O)c1ccc(C#CC(C)O)cc1)c1ccccc1Cl. The number of ether oxygens (including phenoxy) is 2. The Morgan fingerprint density at radius 3 is 2.35 bits per heavy atom. The highest BCUT2D eigenvalue weighted by molar-refractivity contribution is 6.31. The Balaban J connectivity index is 2.21. The van der Waals surface area contributed by atoms with E-state index in [4.69, 9.17) is 26.2 Å². The number of carbonyl (C=O) groups is 2. The molecule has 0 aliphatic rings. The second kappa shape index (κ2) is 9.04. The van der Waals surface area contributed by atoms with Crippen LogP contribution < -0.4 is 0 Å². The quantitative estimate of drug-likeness (QED) is 0.659. The molecule has 0 heterocycles. The van der Waals surface area contributed by atoms with Crippen LogP contribution in [0.25, 0.3) is 0 Å². The summed E-state index contributed by atoms with van der Waals surface area (Å²) in [5.74, 6) is 3.95. The Bertz CT molecular complexity index is 846. The van der Waals surface area contributed by atoms with Crippen molar-refractivity contribution < 1.29 is 24.2 Å². The summed E-state index contributed by atoms with van der Waals surface area (Å²) >= 11 is 6.10. The van der Waals surface area contributed by atoms with Crippen LogP contribution in [0.1, 0.15) is 34.5 Å². The highest BCUT2D eigenvalue weighted by Gasteiger charge is 2.28. The molecule has 0 aliphatic carbocycles. The maximum absolute atomic E-state index is 12.4. The van der Waals surface area contributed by atoms with Gasteiger partial charge in [0.25, 0.3) is 0 Å². The molecule has 0 fully saturated rings. The maximum atomic E-state index is 12.4. The standard InChI is InChI=1S/C20H17ClO5/c1-13(22)7-8-14-9-11-15(12-10-14)19(23)26-18(20(24)25-2)16-5-3-4-6-17(16)21/h3-6,9-13,18,22H,1-2H3. The monoisotopic (exact) mass is 372 g/mol. The molecule has 2 atom stereocenters. The molecule has 1 N–H and O–H groups in total. The number of hydrogen-bond donors (Lipinski definition) is 1. The van der Waals surface area contributed by atoms with E-state index in [1.807, 2.05) is 0 Å². The molecule has 0 radical (unpaired) electrons. The second-order valence-corrected chi connectivity index (χ2v) is 5.76. The van der Waals surface area contributed by atoms with Gasteiger partial charge in [-0.05, 0) is 37.3 Å². The number of carbonyl (C=O) groups excluding carboxylic acids is 2. The third kappa shape index (κ3) is 5.09. The van der Waals surface area contributed by atoms with E-state index in [2.05, 4.69) is 11.8 Å². The topological polar surface area (TPSA) is 72.8 Å². The van der Waals surface area contributed by atoms with Gasteiger partial charge < -0.3 is 14.6 Å². The Hall–Kier alpha value is -2.81. The number of hydrogen-bond acceptors (Lipinski definition) is 5. The lowest BCUT2D eigenvalue weighted by Crippen LogP contribution is -2.21. The molecule has 5 nitrogen and oxygen atoms in total. The normalized spacial score (nSPS) is 12.3. The minimum atomic E-state index is -1.27. The maximum Gasteiger partial charge on any atom is 0.352 e. The van der Waals surface area contributed by atoms with Gasteiger partial charge in [-0.2, -0.15) is 0 Å². The molecular formula is C20H17ClO5. The summed E-state index contributed by atoms with van der Waals surface area (Å²) in [6, 6.07) is 12.9. The molecule has 0 aliphatic heterocycles. The van der Waals surface area contributed by atoms with Crippen molar-refractivity contribution in [2.45, 2.75) is 19.1 Å². The minimum Gasteiger partial charge on any atom is -0.466 e. The number of aliphatic hydroxyl groups is 1. The van der Waals surface area contributed by atoms with Crippen LogP contribution in [-0.2, 0) is 14.3 Å². The molecule has 0 saturated carbocycles. The summed E-state index contributed by atoms with van der Waals surface area (Å²) in [5, 5.41) is 9.45. The summed E-state index contributed by atoms with van der Waals surface area (Å²) in [4.78, 5) is 24.4. The Kier molecular flexibility index (Phi) is 6.79. The van der Waals surface area contributed by atoms with Crippen LogP contribution in [-0.4, -0.2) is 30.3 Å². The molecule has 26 heavy (non-hydrogen) atoms. The summed E-state index contributed by atoms with van der Waals surface area (Å²) in [7, 11) is 1.20. The Labute approximate surface area is 156 Å². The third-order valence-corrected chi connectivity index (χ3v) is 3.72. The highest BCUT2D eigenvalue weighted by atomic mass is 35.5. The van der Waals surface area contributed by atoms with Crippen molar-refractivity contribution in [3.8, 4) is 11.8 Å². The van der Waals surface area contributed by atoms with Gasteiger partial charge in [0.2, 0.25) is 6.10 Å². The average molecular weight is 373 g/mol. The predicted molar refractivity (Wildman–Crippen MR) is 96.6 cm³/mol. The van der Waals surface area contributed by atoms with E-state index < -0.39 is 24.1 Å². The minimum absolute atomic E-state index is 0.244. The number of halogens is 1. The van der Waals surface area contributed by atoms with Crippen LogP contribution in [0.5, 0.6) is 0 Å². The summed E-state index contributed by atoms with van der Waals surface area (Å²) in [6.45, 7) is 1.56. The van der Waals surface area contributed by atoms with Crippen molar-refractivity contribution in [2.24, 2.45) is 0 Å². The van der Waals surface area contributed by atoms with Gasteiger partial charge in [-0.15, -0.1) is 0 Å². The molecule has 6 heteroatoms. The molecule has 0 bridgehead atoms. The van der Waals surface area contributed by atoms with Crippen molar-refractivity contribution in [2.75, 3.05) is 7.11 Å². The summed E-state index contributed by atoms with van der Waals surface area (Å²) in [5.41, 5.74) is 1.22. The summed E-state index contributed by atoms with van der Waals surface area (Å²) in [6.07, 6.45) is -2.01. The first kappa shape index (κ1) is 19.5.